The van der Waals surface area contributed by atoms with Gasteiger partial charge in [-0.05, 0) is 41.4 Å². The Morgan fingerprint density at radius 3 is 2.94 bits per heavy atom. The normalized spacial score (nSPS) is 20.5. The Kier molecular flexibility index (Phi) is 3.66. The molecule has 0 radical (unpaired) electrons. The number of likely N-dealkylation sites (N-methyl/N-ethyl adjacent to an activating group) is 1. The van der Waals surface area contributed by atoms with Crippen molar-refractivity contribution in [3.8, 4) is 0 Å². The molecule has 2 rings (SSSR count). The van der Waals surface area contributed by atoms with Crippen LogP contribution in [0.1, 0.15) is 18.5 Å². The van der Waals surface area contributed by atoms with Gasteiger partial charge in [-0.2, -0.15) is 0 Å². The van der Waals surface area contributed by atoms with Gasteiger partial charge in [0.1, 0.15) is 5.82 Å². The van der Waals surface area contributed by atoms with E-state index in [0.29, 0.717) is 12.5 Å². The standard InChI is InChI=1S/C12H16BrN3O/c1-8-10(13)4-5-11(14-8)15-9-3-6-12(17)16(2)7-9/h4-5,9H,3,6-7H2,1-2H3,(H,14,15). The number of pyridine rings is 1. The van der Waals surface area contributed by atoms with Crippen LogP contribution in [0.5, 0.6) is 0 Å². The van der Waals surface area contributed by atoms with Gasteiger partial charge in [-0.15, -0.1) is 0 Å². The van der Waals surface area contributed by atoms with E-state index >= 15 is 0 Å². The molecule has 0 saturated carbocycles. The molecule has 1 aliphatic rings. The monoisotopic (exact) mass is 297 g/mol. The van der Waals surface area contributed by atoms with E-state index in [1.165, 1.54) is 0 Å². The summed E-state index contributed by atoms with van der Waals surface area (Å²) in [5.74, 6) is 1.10. The third-order valence-electron chi connectivity index (χ3n) is 3.00. The summed E-state index contributed by atoms with van der Waals surface area (Å²) in [7, 11) is 1.84. The zero-order chi connectivity index (χ0) is 12.4. The molecule has 5 heteroatoms. The fourth-order valence-electron chi connectivity index (χ4n) is 1.96. The van der Waals surface area contributed by atoms with Crippen LogP contribution in [0.4, 0.5) is 5.82 Å². The molecule has 1 aromatic rings. The van der Waals surface area contributed by atoms with Crippen molar-refractivity contribution < 1.29 is 4.79 Å². The van der Waals surface area contributed by atoms with Crippen LogP contribution in [0.3, 0.4) is 0 Å². The predicted molar refractivity (Wildman–Crippen MR) is 71.0 cm³/mol. The number of anilines is 1. The molecule has 4 nitrogen and oxygen atoms in total. The van der Waals surface area contributed by atoms with Crippen molar-refractivity contribution in [1.29, 1.82) is 0 Å². The van der Waals surface area contributed by atoms with E-state index in [1.54, 1.807) is 4.90 Å². The Labute approximate surface area is 110 Å². The summed E-state index contributed by atoms with van der Waals surface area (Å²) < 4.78 is 1.01. The maximum Gasteiger partial charge on any atom is 0.222 e. The molecule has 1 unspecified atom stereocenters. The number of rotatable bonds is 2. The van der Waals surface area contributed by atoms with Gasteiger partial charge in [0.2, 0.25) is 5.91 Å². The van der Waals surface area contributed by atoms with E-state index in [0.717, 1.165) is 29.0 Å². The molecule has 92 valence electrons. The Morgan fingerprint density at radius 2 is 2.29 bits per heavy atom. The highest BCUT2D eigenvalue weighted by molar-refractivity contribution is 9.10. The number of aryl methyl sites for hydroxylation is 1. The number of likely N-dealkylation sites (tertiary alicyclic amines) is 1. The second-order valence-electron chi connectivity index (χ2n) is 4.42. The quantitative estimate of drug-likeness (QED) is 0.910. The van der Waals surface area contributed by atoms with Crippen LogP contribution >= 0.6 is 15.9 Å². The van der Waals surface area contributed by atoms with Crippen LogP contribution in [0.2, 0.25) is 0 Å². The highest BCUT2D eigenvalue weighted by Crippen LogP contribution is 2.19. The second-order valence-corrected chi connectivity index (χ2v) is 5.27. The van der Waals surface area contributed by atoms with Gasteiger partial charge in [0.15, 0.2) is 0 Å². The highest BCUT2D eigenvalue weighted by Gasteiger charge is 2.22. The number of amides is 1. The molecule has 0 aliphatic carbocycles. The minimum Gasteiger partial charge on any atom is -0.366 e. The van der Waals surface area contributed by atoms with E-state index in [-0.39, 0.29) is 5.91 Å². The molecule has 1 saturated heterocycles. The molecule has 0 bridgehead atoms. The van der Waals surface area contributed by atoms with Crippen LogP contribution in [0, 0.1) is 6.92 Å². The summed E-state index contributed by atoms with van der Waals surface area (Å²) in [6.45, 7) is 2.71. The first-order valence-electron chi connectivity index (χ1n) is 5.70. The second kappa shape index (κ2) is 5.04. The Morgan fingerprint density at radius 1 is 1.53 bits per heavy atom. The summed E-state index contributed by atoms with van der Waals surface area (Å²) in [6.07, 6.45) is 1.49. The zero-order valence-electron chi connectivity index (χ0n) is 10.0. The van der Waals surface area contributed by atoms with Gasteiger partial charge in [0.05, 0.1) is 5.69 Å². The van der Waals surface area contributed by atoms with Crippen molar-refractivity contribution in [2.45, 2.75) is 25.8 Å². The Bertz CT molecular complexity index is 436. The van der Waals surface area contributed by atoms with E-state index in [4.69, 9.17) is 0 Å². The molecule has 0 aromatic carbocycles. The topological polar surface area (TPSA) is 45.2 Å². The average Bonchev–Trinajstić information content (AvgIpc) is 2.29. The first kappa shape index (κ1) is 12.4. The number of halogens is 1. The maximum absolute atomic E-state index is 11.4. The number of carbonyl (C=O) groups excluding carboxylic acids is 1. The fraction of sp³-hybridized carbons (Fsp3) is 0.500. The molecule has 0 spiro atoms. The molecule has 17 heavy (non-hydrogen) atoms. The lowest BCUT2D eigenvalue weighted by Gasteiger charge is -2.30. The van der Waals surface area contributed by atoms with Crippen LogP contribution in [-0.2, 0) is 4.79 Å². The largest absolute Gasteiger partial charge is 0.366 e. The minimum absolute atomic E-state index is 0.225. The first-order valence-corrected chi connectivity index (χ1v) is 6.49. The first-order chi connectivity index (χ1) is 8.06. The Balaban J connectivity index is 2.01. The summed E-state index contributed by atoms with van der Waals surface area (Å²) in [6, 6.07) is 4.24. The minimum atomic E-state index is 0.225. The summed E-state index contributed by atoms with van der Waals surface area (Å²) in [4.78, 5) is 17.6. The molecule has 1 N–H and O–H groups in total. The van der Waals surface area contributed by atoms with E-state index < -0.39 is 0 Å². The van der Waals surface area contributed by atoms with Gasteiger partial charge in [0.25, 0.3) is 0 Å². The van der Waals surface area contributed by atoms with Gasteiger partial charge in [-0.1, -0.05) is 0 Å². The SMILES string of the molecule is Cc1nc(NC2CCC(=O)N(C)C2)ccc1Br. The van der Waals surface area contributed by atoms with E-state index in [9.17, 15) is 4.79 Å². The predicted octanol–water partition coefficient (Wildman–Crippen LogP) is 2.19. The van der Waals surface area contributed by atoms with E-state index in [2.05, 4.69) is 26.2 Å². The molecule has 2 heterocycles. The van der Waals surface area contributed by atoms with Crippen LogP contribution in [0.15, 0.2) is 16.6 Å². The third kappa shape index (κ3) is 2.97. The fourth-order valence-corrected chi connectivity index (χ4v) is 2.18. The summed E-state index contributed by atoms with van der Waals surface area (Å²) >= 11 is 3.43. The van der Waals surface area contributed by atoms with Gasteiger partial charge >= 0.3 is 0 Å². The molecule has 1 aliphatic heterocycles. The van der Waals surface area contributed by atoms with Crippen molar-refractivity contribution in [1.82, 2.24) is 9.88 Å². The molecular formula is C12H16BrN3O. The molecule has 1 atom stereocenters. The van der Waals surface area contributed by atoms with Gasteiger partial charge in [0, 0.05) is 30.5 Å². The molecule has 1 aromatic heterocycles. The Hall–Kier alpha value is -1.10. The maximum atomic E-state index is 11.4. The van der Waals surface area contributed by atoms with Crippen molar-refractivity contribution >= 4 is 27.7 Å². The number of aromatic nitrogens is 1. The van der Waals surface area contributed by atoms with Crippen LogP contribution < -0.4 is 5.32 Å². The van der Waals surface area contributed by atoms with Crippen LogP contribution in [0.25, 0.3) is 0 Å². The summed E-state index contributed by atoms with van der Waals surface area (Å²) in [5.41, 5.74) is 0.968. The molecular weight excluding hydrogens is 282 g/mol. The third-order valence-corrected chi connectivity index (χ3v) is 3.84. The van der Waals surface area contributed by atoms with Gasteiger partial charge in [-0.3, -0.25) is 4.79 Å². The highest BCUT2D eigenvalue weighted by atomic mass is 79.9. The van der Waals surface area contributed by atoms with E-state index in [1.807, 2.05) is 26.1 Å². The van der Waals surface area contributed by atoms with Crippen molar-refractivity contribution in [2.75, 3.05) is 18.9 Å². The van der Waals surface area contributed by atoms with Crippen LogP contribution in [-0.4, -0.2) is 35.4 Å². The lowest BCUT2D eigenvalue weighted by Crippen LogP contribution is -2.43. The van der Waals surface area contributed by atoms with Gasteiger partial charge < -0.3 is 10.2 Å². The van der Waals surface area contributed by atoms with Crippen molar-refractivity contribution in [2.24, 2.45) is 0 Å². The van der Waals surface area contributed by atoms with Crippen molar-refractivity contribution in [3.63, 3.8) is 0 Å². The number of hydrogen-bond donors (Lipinski definition) is 1. The smallest absolute Gasteiger partial charge is 0.222 e. The number of nitrogens with zero attached hydrogens (tertiary/aromatic N) is 2. The number of piperidine rings is 1. The average molecular weight is 298 g/mol. The van der Waals surface area contributed by atoms with Gasteiger partial charge in [-0.25, -0.2) is 4.98 Å². The number of hydrogen-bond acceptors (Lipinski definition) is 3. The van der Waals surface area contributed by atoms with Crippen molar-refractivity contribution in [3.05, 3.63) is 22.3 Å². The molecule has 1 fully saturated rings. The summed E-state index contributed by atoms with van der Waals surface area (Å²) in [5, 5.41) is 3.37. The lowest BCUT2D eigenvalue weighted by molar-refractivity contribution is -0.132. The molecule has 1 amide bonds. The number of carbonyl (C=O) groups is 1. The zero-order valence-corrected chi connectivity index (χ0v) is 11.6. The lowest BCUT2D eigenvalue weighted by atomic mass is 10.1. The number of nitrogens with one attached hydrogen (secondary N) is 1.